The molecule has 0 saturated heterocycles. The molecule has 0 aliphatic heterocycles. The van der Waals surface area contributed by atoms with Crippen LogP contribution in [0.25, 0.3) is 0 Å². The van der Waals surface area contributed by atoms with Gasteiger partial charge in [-0.25, -0.2) is 0 Å². The highest BCUT2D eigenvalue weighted by molar-refractivity contribution is 5.75. The summed E-state index contributed by atoms with van der Waals surface area (Å²) in [5, 5.41) is 20.3. The van der Waals surface area contributed by atoms with Gasteiger partial charge in [0.05, 0.1) is 17.8 Å². The number of hydrogen-bond acceptors (Lipinski definition) is 6. The number of aromatic nitrogens is 2. The highest BCUT2D eigenvalue weighted by atomic mass is 16.4. The maximum Gasteiger partial charge on any atom is 0.320 e. The number of carboxylic acid groups (broad SMARTS) is 1. The summed E-state index contributed by atoms with van der Waals surface area (Å²) < 4.78 is 5.50. The van der Waals surface area contributed by atoms with Crippen LogP contribution >= 0.6 is 0 Å². The van der Waals surface area contributed by atoms with Gasteiger partial charge in [0.2, 0.25) is 5.89 Å². The van der Waals surface area contributed by atoms with Gasteiger partial charge in [-0.05, 0) is 35.4 Å². The van der Waals surface area contributed by atoms with Gasteiger partial charge in [-0.3, -0.25) is 4.79 Å². The van der Waals surface area contributed by atoms with Crippen molar-refractivity contribution < 1.29 is 14.3 Å². The lowest BCUT2D eigenvalue weighted by atomic mass is 9.96. The molecule has 1 heterocycles. The van der Waals surface area contributed by atoms with E-state index in [1.165, 1.54) is 0 Å². The van der Waals surface area contributed by atoms with E-state index >= 15 is 0 Å². The van der Waals surface area contributed by atoms with Gasteiger partial charge < -0.3 is 19.7 Å². The molecule has 0 aliphatic carbocycles. The van der Waals surface area contributed by atoms with Crippen molar-refractivity contribution in [3.8, 4) is 0 Å². The van der Waals surface area contributed by atoms with E-state index in [9.17, 15) is 4.79 Å². The lowest BCUT2D eigenvalue weighted by Crippen LogP contribution is -2.31. The Morgan fingerprint density at radius 1 is 1.14 bits per heavy atom. The Labute approximate surface area is 167 Å². The van der Waals surface area contributed by atoms with Crippen molar-refractivity contribution in [2.45, 2.75) is 53.9 Å². The van der Waals surface area contributed by atoms with Crippen LogP contribution in [0.2, 0.25) is 0 Å². The monoisotopic (exact) mass is 388 g/mol. The summed E-state index contributed by atoms with van der Waals surface area (Å²) in [5.41, 5.74) is 2.85. The molecule has 7 nitrogen and oxygen atoms in total. The Hall–Kier alpha value is -2.57. The first-order valence-electron chi connectivity index (χ1n) is 9.83. The van der Waals surface area contributed by atoms with Crippen molar-refractivity contribution in [3.05, 3.63) is 29.7 Å². The van der Waals surface area contributed by atoms with E-state index in [1.54, 1.807) is 6.92 Å². The second-order valence-corrected chi connectivity index (χ2v) is 8.22. The topological polar surface area (TPSA) is 91.5 Å². The third kappa shape index (κ3) is 6.25. The number of nitrogens with one attached hydrogen (secondary N) is 1. The van der Waals surface area contributed by atoms with E-state index in [-0.39, 0.29) is 12.3 Å². The largest absolute Gasteiger partial charge is 0.481 e. The minimum atomic E-state index is -0.806. The normalized spacial score (nSPS) is 12.4. The molecule has 154 valence electrons. The second kappa shape index (κ2) is 9.57. The van der Waals surface area contributed by atoms with Crippen LogP contribution in [-0.2, 0) is 4.79 Å². The molecule has 0 fully saturated rings. The number of benzene rings is 1. The molecule has 0 radical (unpaired) electrons. The summed E-state index contributed by atoms with van der Waals surface area (Å²) in [6, 6.07) is 6.40. The van der Waals surface area contributed by atoms with E-state index in [0.29, 0.717) is 23.7 Å². The zero-order chi connectivity index (χ0) is 20.8. The Balaban J connectivity index is 2.44. The maximum atomic E-state index is 11.1. The molecular formula is C21H32N4O3. The predicted octanol–water partition coefficient (Wildman–Crippen LogP) is 4.82. The lowest BCUT2D eigenvalue weighted by molar-refractivity contribution is -0.137. The van der Waals surface area contributed by atoms with Gasteiger partial charge >= 0.3 is 12.0 Å². The van der Waals surface area contributed by atoms with Gasteiger partial charge in [0, 0.05) is 20.0 Å². The SMILES string of the molecule is Cc1nnc(Nc2cc(C(C)CC(=O)O)ccc2N(CC(C)C)CC(C)C)o1. The Morgan fingerprint density at radius 2 is 1.79 bits per heavy atom. The number of aryl methyl sites for hydroxylation is 1. The van der Waals surface area contributed by atoms with Crippen LogP contribution in [-0.4, -0.2) is 34.4 Å². The molecule has 0 amide bonds. The van der Waals surface area contributed by atoms with Gasteiger partial charge in [-0.2, -0.15) is 0 Å². The van der Waals surface area contributed by atoms with Crippen molar-refractivity contribution in [1.82, 2.24) is 10.2 Å². The van der Waals surface area contributed by atoms with Crippen molar-refractivity contribution >= 4 is 23.4 Å². The Morgan fingerprint density at radius 3 is 2.29 bits per heavy atom. The van der Waals surface area contributed by atoms with Crippen LogP contribution in [0.15, 0.2) is 22.6 Å². The van der Waals surface area contributed by atoms with Crippen LogP contribution in [0.1, 0.15) is 58.4 Å². The number of nitrogens with zero attached hydrogens (tertiary/aromatic N) is 3. The summed E-state index contributed by atoms with van der Waals surface area (Å²) >= 11 is 0. The van der Waals surface area contributed by atoms with Crippen molar-refractivity contribution in [1.29, 1.82) is 0 Å². The van der Waals surface area contributed by atoms with Crippen molar-refractivity contribution in [2.24, 2.45) is 11.8 Å². The number of anilines is 3. The van der Waals surface area contributed by atoms with Gasteiger partial charge in [0.15, 0.2) is 0 Å². The molecular weight excluding hydrogens is 356 g/mol. The van der Waals surface area contributed by atoms with E-state index in [0.717, 1.165) is 30.0 Å². The average Bonchev–Trinajstić information content (AvgIpc) is 2.97. The van der Waals surface area contributed by atoms with Gasteiger partial charge in [-0.15, -0.1) is 5.10 Å². The average molecular weight is 389 g/mol. The summed E-state index contributed by atoms with van der Waals surface area (Å²) in [5.74, 6) is 0.589. The van der Waals surface area contributed by atoms with Crippen LogP contribution in [0.4, 0.5) is 17.4 Å². The first-order chi connectivity index (χ1) is 13.2. The van der Waals surface area contributed by atoms with Crippen LogP contribution in [0.3, 0.4) is 0 Å². The lowest BCUT2D eigenvalue weighted by Gasteiger charge is -2.31. The van der Waals surface area contributed by atoms with E-state index in [1.807, 2.05) is 19.1 Å². The molecule has 28 heavy (non-hydrogen) atoms. The number of hydrogen-bond donors (Lipinski definition) is 2. The molecule has 0 aliphatic rings. The minimum Gasteiger partial charge on any atom is -0.481 e. The fourth-order valence-electron chi connectivity index (χ4n) is 3.23. The molecule has 0 saturated carbocycles. The zero-order valence-corrected chi connectivity index (χ0v) is 17.7. The van der Waals surface area contributed by atoms with Gasteiger partial charge in [0.25, 0.3) is 0 Å². The number of carbonyl (C=O) groups is 1. The third-order valence-electron chi connectivity index (χ3n) is 4.35. The zero-order valence-electron chi connectivity index (χ0n) is 17.7. The molecule has 1 aromatic carbocycles. The number of rotatable bonds is 10. The number of carboxylic acids is 1. The first kappa shape index (κ1) is 21.7. The van der Waals surface area contributed by atoms with E-state index in [2.05, 4.69) is 54.2 Å². The van der Waals surface area contributed by atoms with Gasteiger partial charge in [0.1, 0.15) is 0 Å². The molecule has 1 unspecified atom stereocenters. The quantitative estimate of drug-likeness (QED) is 0.603. The second-order valence-electron chi connectivity index (χ2n) is 8.22. The summed E-state index contributed by atoms with van der Waals surface area (Å²) in [7, 11) is 0. The minimum absolute atomic E-state index is 0.0835. The summed E-state index contributed by atoms with van der Waals surface area (Å²) in [4.78, 5) is 13.5. The van der Waals surface area contributed by atoms with Crippen molar-refractivity contribution in [3.63, 3.8) is 0 Å². The van der Waals surface area contributed by atoms with Gasteiger partial charge in [-0.1, -0.05) is 45.8 Å². The fraction of sp³-hybridized carbons (Fsp3) is 0.571. The van der Waals surface area contributed by atoms with Crippen LogP contribution in [0, 0.1) is 18.8 Å². The molecule has 2 aromatic rings. The smallest absolute Gasteiger partial charge is 0.320 e. The molecule has 1 atom stereocenters. The summed E-state index contributed by atoms with van der Waals surface area (Å²) in [6.45, 7) is 14.3. The van der Waals surface area contributed by atoms with Crippen LogP contribution in [0.5, 0.6) is 0 Å². The van der Waals surface area contributed by atoms with E-state index in [4.69, 9.17) is 9.52 Å². The van der Waals surface area contributed by atoms with E-state index < -0.39 is 5.97 Å². The number of aliphatic carboxylic acids is 1. The third-order valence-corrected chi connectivity index (χ3v) is 4.35. The molecule has 0 bridgehead atoms. The van der Waals surface area contributed by atoms with Crippen LogP contribution < -0.4 is 10.2 Å². The first-order valence-corrected chi connectivity index (χ1v) is 9.83. The Kier molecular flexibility index (Phi) is 7.43. The standard InChI is InChI=1S/C21H32N4O3/c1-13(2)11-25(12-14(3)4)19-8-7-17(15(5)9-20(26)27)10-18(19)22-21-24-23-16(6)28-21/h7-8,10,13-15H,9,11-12H2,1-6H3,(H,22,24)(H,26,27). The molecule has 0 spiro atoms. The summed E-state index contributed by atoms with van der Waals surface area (Å²) in [6.07, 6.45) is 0.0835. The highest BCUT2D eigenvalue weighted by Gasteiger charge is 2.19. The van der Waals surface area contributed by atoms with Crippen molar-refractivity contribution in [2.75, 3.05) is 23.3 Å². The Bertz CT molecular complexity index is 776. The molecule has 7 heteroatoms. The highest BCUT2D eigenvalue weighted by Crippen LogP contribution is 2.34. The molecule has 2 rings (SSSR count). The maximum absolute atomic E-state index is 11.1. The predicted molar refractivity (Wildman–Crippen MR) is 111 cm³/mol. The molecule has 1 aromatic heterocycles. The fourth-order valence-corrected chi connectivity index (χ4v) is 3.23. The molecule has 2 N–H and O–H groups in total.